The van der Waals surface area contributed by atoms with Gasteiger partial charge in [0.25, 0.3) is 0 Å². The molecule has 2 aromatic rings. The summed E-state index contributed by atoms with van der Waals surface area (Å²) in [4.78, 5) is 26.6. The molecular weight excluding hydrogens is 492 g/mol. The number of aromatic nitrogens is 1. The Balaban J connectivity index is 1.34. The molecule has 2 atom stereocenters. The third kappa shape index (κ3) is 5.74. The molecule has 0 radical (unpaired) electrons. The fourth-order valence-corrected chi connectivity index (χ4v) is 5.14. The van der Waals surface area contributed by atoms with Crippen molar-refractivity contribution in [2.45, 2.75) is 25.5 Å². The van der Waals surface area contributed by atoms with E-state index in [1.807, 2.05) is 0 Å². The lowest BCUT2D eigenvalue weighted by Crippen LogP contribution is -2.56. The summed E-state index contributed by atoms with van der Waals surface area (Å²) in [6.45, 7) is 3.71. The molecule has 2 saturated heterocycles. The molecule has 2 unspecified atom stereocenters. The lowest BCUT2D eigenvalue weighted by atomic mass is 9.91. The van der Waals surface area contributed by atoms with Crippen molar-refractivity contribution in [1.82, 2.24) is 19.9 Å². The number of nitrogens with one attached hydrogen (secondary N) is 3. The van der Waals surface area contributed by atoms with Gasteiger partial charge in [0.15, 0.2) is 5.56 Å². The minimum atomic E-state index is -1.40. The lowest BCUT2D eigenvalue weighted by molar-refractivity contribution is 0.0693. The van der Waals surface area contributed by atoms with Crippen LogP contribution in [-0.4, -0.2) is 65.1 Å². The van der Waals surface area contributed by atoms with Crippen molar-refractivity contribution in [3.63, 3.8) is 0 Å². The standard InChI is InChI=1S/C21H24ClF2N5O4S/c22-12-5-15(23)14(16(24)6-12)10-33-18-17(20(30)31)19(34-28-18)27-21(32)26-7-11-1-2-13-8-25-3-4-29(13)9-11/h5-6,11,13,25H,1-4,7-10H2,(H,30,31)(H2,26,27,32). The first-order valence-corrected chi connectivity index (χ1v) is 12.0. The van der Waals surface area contributed by atoms with Crippen LogP contribution in [0.2, 0.25) is 5.02 Å². The van der Waals surface area contributed by atoms with Crippen LogP contribution in [0.25, 0.3) is 0 Å². The molecule has 34 heavy (non-hydrogen) atoms. The Bertz CT molecular complexity index is 1050. The van der Waals surface area contributed by atoms with Crippen molar-refractivity contribution >= 4 is 40.1 Å². The van der Waals surface area contributed by atoms with Crippen molar-refractivity contribution in [3.8, 4) is 5.88 Å². The van der Waals surface area contributed by atoms with E-state index >= 15 is 0 Å². The van der Waals surface area contributed by atoms with Gasteiger partial charge >= 0.3 is 12.0 Å². The second-order valence-electron chi connectivity index (χ2n) is 8.26. The summed E-state index contributed by atoms with van der Waals surface area (Å²) in [7, 11) is 0. The Labute approximate surface area is 203 Å². The molecule has 2 amide bonds. The quantitative estimate of drug-likeness (QED) is 0.447. The highest BCUT2D eigenvalue weighted by molar-refractivity contribution is 7.11. The minimum absolute atomic E-state index is 0.0390. The number of piperazine rings is 1. The molecule has 0 aliphatic carbocycles. The Kier molecular flexibility index (Phi) is 7.81. The highest BCUT2D eigenvalue weighted by atomic mass is 35.5. The zero-order valence-electron chi connectivity index (χ0n) is 18.1. The normalized spacial score (nSPS) is 20.4. The average molecular weight is 516 g/mol. The molecule has 13 heteroatoms. The van der Waals surface area contributed by atoms with Gasteiger partial charge in [0.2, 0.25) is 5.88 Å². The highest BCUT2D eigenvalue weighted by Gasteiger charge is 2.30. The monoisotopic (exact) mass is 515 g/mol. The number of rotatable bonds is 7. The topological polar surface area (TPSA) is 116 Å². The van der Waals surface area contributed by atoms with Crippen LogP contribution in [0, 0.1) is 17.6 Å². The first-order chi connectivity index (χ1) is 16.3. The van der Waals surface area contributed by atoms with Gasteiger partial charge in [-0.3, -0.25) is 10.2 Å². The molecular formula is C21H24ClF2N5O4S. The van der Waals surface area contributed by atoms with E-state index in [2.05, 4.69) is 25.2 Å². The first kappa shape index (κ1) is 24.6. The number of hydrogen-bond acceptors (Lipinski definition) is 7. The number of carboxylic acids is 1. The zero-order chi connectivity index (χ0) is 24.2. The van der Waals surface area contributed by atoms with Crippen LogP contribution < -0.4 is 20.7 Å². The molecule has 4 rings (SSSR count). The van der Waals surface area contributed by atoms with Gasteiger partial charge in [-0.15, -0.1) is 0 Å². The van der Waals surface area contributed by atoms with E-state index in [0.29, 0.717) is 30.0 Å². The van der Waals surface area contributed by atoms with Gasteiger partial charge in [0.1, 0.15) is 23.2 Å². The predicted molar refractivity (Wildman–Crippen MR) is 123 cm³/mol. The molecule has 2 aliphatic heterocycles. The number of carbonyl (C=O) groups excluding carboxylic acids is 1. The summed E-state index contributed by atoms with van der Waals surface area (Å²) in [6.07, 6.45) is 2.06. The number of piperidine rings is 1. The number of amides is 2. The van der Waals surface area contributed by atoms with E-state index < -0.39 is 41.4 Å². The second kappa shape index (κ2) is 10.8. The zero-order valence-corrected chi connectivity index (χ0v) is 19.6. The van der Waals surface area contributed by atoms with Crippen LogP contribution in [0.1, 0.15) is 28.8 Å². The van der Waals surface area contributed by atoms with E-state index in [9.17, 15) is 23.5 Å². The number of anilines is 1. The van der Waals surface area contributed by atoms with Crippen LogP contribution in [0.4, 0.5) is 18.6 Å². The minimum Gasteiger partial charge on any atom is -0.477 e. The van der Waals surface area contributed by atoms with Crippen molar-refractivity contribution in [1.29, 1.82) is 0 Å². The number of aromatic carboxylic acids is 1. The number of hydrogen-bond donors (Lipinski definition) is 4. The van der Waals surface area contributed by atoms with Crippen molar-refractivity contribution in [3.05, 3.63) is 39.9 Å². The second-order valence-corrected chi connectivity index (χ2v) is 9.47. The lowest BCUT2D eigenvalue weighted by Gasteiger charge is -2.42. The molecule has 184 valence electrons. The molecule has 4 N–H and O–H groups in total. The average Bonchev–Trinajstić information content (AvgIpc) is 3.19. The summed E-state index contributed by atoms with van der Waals surface area (Å²) < 4.78 is 37.1. The van der Waals surface area contributed by atoms with E-state index in [0.717, 1.165) is 51.2 Å². The summed E-state index contributed by atoms with van der Waals surface area (Å²) in [5.41, 5.74) is -0.809. The van der Waals surface area contributed by atoms with E-state index in [4.69, 9.17) is 16.3 Å². The molecule has 1 aromatic carbocycles. The number of carbonyl (C=O) groups is 2. The van der Waals surface area contributed by atoms with Crippen LogP contribution in [-0.2, 0) is 6.61 Å². The van der Waals surface area contributed by atoms with Gasteiger partial charge in [-0.05, 0) is 42.4 Å². The van der Waals surface area contributed by atoms with Gasteiger partial charge < -0.3 is 20.5 Å². The SMILES string of the molecule is O=C(NCC1CCC2CNCCN2C1)Nc1snc(OCc2c(F)cc(Cl)cc2F)c1C(=O)O. The fourth-order valence-electron chi connectivity index (χ4n) is 4.23. The highest BCUT2D eigenvalue weighted by Crippen LogP contribution is 2.32. The van der Waals surface area contributed by atoms with Gasteiger partial charge in [0, 0.05) is 43.8 Å². The number of nitrogens with zero attached hydrogens (tertiary/aromatic N) is 2. The van der Waals surface area contributed by atoms with Crippen LogP contribution in [0.15, 0.2) is 12.1 Å². The van der Waals surface area contributed by atoms with E-state index in [-0.39, 0.29) is 15.9 Å². The Morgan fingerprint density at radius 2 is 2.09 bits per heavy atom. The summed E-state index contributed by atoms with van der Waals surface area (Å²) in [6, 6.07) is 1.83. The number of fused-ring (bicyclic) bond motifs is 1. The maximum atomic E-state index is 14.0. The molecule has 0 bridgehead atoms. The third-order valence-corrected chi connectivity index (χ3v) is 6.95. The number of halogens is 3. The predicted octanol–water partition coefficient (Wildman–Crippen LogP) is 3.16. The Morgan fingerprint density at radius 3 is 2.82 bits per heavy atom. The summed E-state index contributed by atoms with van der Waals surface area (Å²) in [5.74, 6) is -3.29. The van der Waals surface area contributed by atoms with Gasteiger partial charge in [0.05, 0.1) is 5.56 Å². The third-order valence-electron chi connectivity index (χ3n) is 5.99. The number of ether oxygens (including phenoxy) is 1. The number of urea groups is 1. The smallest absolute Gasteiger partial charge is 0.344 e. The maximum Gasteiger partial charge on any atom is 0.344 e. The van der Waals surface area contributed by atoms with Gasteiger partial charge in [-0.2, -0.15) is 4.37 Å². The molecule has 0 spiro atoms. The molecule has 1 aromatic heterocycles. The number of carboxylic acid groups (broad SMARTS) is 1. The molecule has 2 fully saturated rings. The van der Waals surface area contributed by atoms with Crippen molar-refractivity contribution in [2.24, 2.45) is 5.92 Å². The maximum absolute atomic E-state index is 14.0. The van der Waals surface area contributed by atoms with Crippen molar-refractivity contribution < 1.29 is 28.2 Å². The fraction of sp³-hybridized carbons (Fsp3) is 0.476. The molecule has 9 nitrogen and oxygen atoms in total. The number of benzene rings is 1. The largest absolute Gasteiger partial charge is 0.477 e. The van der Waals surface area contributed by atoms with Crippen molar-refractivity contribution in [2.75, 3.05) is 38.0 Å². The van der Waals surface area contributed by atoms with Crippen LogP contribution in [0.3, 0.4) is 0 Å². The summed E-state index contributed by atoms with van der Waals surface area (Å²) in [5, 5.41) is 18.1. The molecule has 2 aliphatic rings. The van der Waals surface area contributed by atoms with Crippen LogP contribution >= 0.6 is 23.1 Å². The first-order valence-electron chi connectivity index (χ1n) is 10.8. The Hall–Kier alpha value is -2.54. The summed E-state index contributed by atoms with van der Waals surface area (Å²) >= 11 is 6.31. The van der Waals surface area contributed by atoms with E-state index in [1.165, 1.54) is 0 Å². The van der Waals surface area contributed by atoms with Gasteiger partial charge in [-0.1, -0.05) is 11.6 Å². The Morgan fingerprint density at radius 1 is 1.32 bits per heavy atom. The van der Waals surface area contributed by atoms with Crippen LogP contribution in [0.5, 0.6) is 5.88 Å². The molecule has 3 heterocycles. The van der Waals surface area contributed by atoms with Gasteiger partial charge in [-0.25, -0.2) is 18.4 Å². The van der Waals surface area contributed by atoms with E-state index in [1.54, 1.807) is 0 Å². The molecule has 0 saturated carbocycles.